The lowest BCUT2D eigenvalue weighted by molar-refractivity contribution is -0.118. The van der Waals surface area contributed by atoms with E-state index >= 15 is 0 Å². The Morgan fingerprint density at radius 1 is 1.23 bits per heavy atom. The van der Waals surface area contributed by atoms with Crippen LogP contribution in [-0.2, 0) is 30.6 Å². The van der Waals surface area contributed by atoms with Crippen molar-refractivity contribution in [3.63, 3.8) is 0 Å². The number of rotatable bonds is 6. The van der Waals surface area contributed by atoms with E-state index < -0.39 is 0 Å². The summed E-state index contributed by atoms with van der Waals surface area (Å²) in [4.78, 5) is 31.4. The fourth-order valence-electron chi connectivity index (χ4n) is 3.67. The minimum atomic E-state index is -0.340. The van der Waals surface area contributed by atoms with E-state index in [0.717, 1.165) is 40.9 Å². The van der Waals surface area contributed by atoms with Gasteiger partial charge in [0.25, 0.3) is 5.56 Å². The van der Waals surface area contributed by atoms with Crippen LogP contribution in [0.4, 0.5) is 0 Å². The van der Waals surface area contributed by atoms with Crippen molar-refractivity contribution < 1.29 is 4.79 Å². The molecule has 0 saturated heterocycles. The van der Waals surface area contributed by atoms with Crippen LogP contribution in [0.5, 0.6) is 0 Å². The Labute approximate surface area is 155 Å². The van der Waals surface area contributed by atoms with Crippen LogP contribution in [0.15, 0.2) is 35.1 Å². The maximum atomic E-state index is 13.2. The van der Waals surface area contributed by atoms with Crippen molar-refractivity contribution in [1.82, 2.24) is 9.55 Å². The van der Waals surface area contributed by atoms with Crippen LogP contribution in [0.3, 0.4) is 0 Å². The zero-order valence-corrected chi connectivity index (χ0v) is 15.3. The molecular formula is C20H21N3O2S. The lowest BCUT2D eigenvalue weighted by atomic mass is 10.1. The van der Waals surface area contributed by atoms with Gasteiger partial charge >= 0.3 is 0 Å². The van der Waals surface area contributed by atoms with Gasteiger partial charge < -0.3 is 5.73 Å². The average Bonchev–Trinajstić information content (AvgIpc) is 3.19. The van der Waals surface area contributed by atoms with Crippen LogP contribution < -0.4 is 11.3 Å². The van der Waals surface area contributed by atoms with Crippen LogP contribution in [-0.4, -0.2) is 15.5 Å². The molecule has 0 bridgehead atoms. The number of nitrogens with zero attached hydrogens (tertiary/aromatic N) is 2. The molecule has 6 heteroatoms. The smallest absolute Gasteiger partial charge is 0.262 e. The first-order chi connectivity index (χ1) is 12.6. The predicted molar refractivity (Wildman–Crippen MR) is 104 cm³/mol. The molecule has 0 spiro atoms. The highest BCUT2D eigenvalue weighted by molar-refractivity contribution is 7.18. The van der Waals surface area contributed by atoms with E-state index in [0.29, 0.717) is 19.4 Å². The Morgan fingerprint density at radius 2 is 2.04 bits per heavy atom. The minimum absolute atomic E-state index is 0.0322. The van der Waals surface area contributed by atoms with Crippen LogP contribution in [0.2, 0.25) is 0 Å². The molecule has 2 aromatic heterocycles. The van der Waals surface area contributed by atoms with Gasteiger partial charge in [-0.05, 0) is 36.8 Å². The number of amides is 1. The molecular weight excluding hydrogens is 346 g/mol. The summed E-state index contributed by atoms with van der Waals surface area (Å²) < 4.78 is 1.75. The number of hydrogen-bond acceptors (Lipinski definition) is 4. The van der Waals surface area contributed by atoms with Crippen LogP contribution in [0.25, 0.3) is 10.2 Å². The third-order valence-corrected chi connectivity index (χ3v) is 6.10. The van der Waals surface area contributed by atoms with Gasteiger partial charge in [0.15, 0.2) is 0 Å². The number of thiophene rings is 1. The monoisotopic (exact) mass is 367 g/mol. The average molecular weight is 367 g/mol. The largest absolute Gasteiger partial charge is 0.370 e. The highest BCUT2D eigenvalue weighted by Crippen LogP contribution is 2.34. The highest BCUT2D eigenvalue weighted by atomic mass is 32.1. The fraction of sp³-hybridized carbons (Fsp3) is 0.350. The lowest BCUT2D eigenvalue weighted by Gasteiger charge is -2.13. The van der Waals surface area contributed by atoms with E-state index in [1.54, 1.807) is 15.9 Å². The summed E-state index contributed by atoms with van der Waals surface area (Å²) in [5, 5.41) is 0.790. The molecule has 0 aliphatic heterocycles. The molecule has 3 aromatic rings. The van der Waals surface area contributed by atoms with E-state index in [-0.39, 0.29) is 17.9 Å². The Balaban J connectivity index is 1.79. The van der Waals surface area contributed by atoms with Crippen LogP contribution in [0.1, 0.15) is 41.1 Å². The van der Waals surface area contributed by atoms with Gasteiger partial charge in [-0.1, -0.05) is 30.3 Å². The Morgan fingerprint density at radius 3 is 2.81 bits per heavy atom. The first kappa shape index (κ1) is 17.0. The number of benzene rings is 1. The zero-order valence-electron chi connectivity index (χ0n) is 14.5. The molecule has 1 aliphatic rings. The van der Waals surface area contributed by atoms with Crippen LogP contribution in [0, 0.1) is 0 Å². The van der Waals surface area contributed by atoms with E-state index in [1.807, 2.05) is 30.3 Å². The van der Waals surface area contributed by atoms with Crippen molar-refractivity contribution >= 4 is 27.5 Å². The van der Waals surface area contributed by atoms with E-state index in [4.69, 9.17) is 10.7 Å². The summed E-state index contributed by atoms with van der Waals surface area (Å²) in [6, 6.07) is 10.0. The minimum Gasteiger partial charge on any atom is -0.370 e. The van der Waals surface area contributed by atoms with Crippen molar-refractivity contribution in [2.75, 3.05) is 0 Å². The first-order valence-corrected chi connectivity index (χ1v) is 9.81. The summed E-state index contributed by atoms with van der Waals surface area (Å²) in [7, 11) is 0. The predicted octanol–water partition coefficient (Wildman–Crippen LogP) is 2.80. The molecule has 26 heavy (non-hydrogen) atoms. The second-order valence-electron chi connectivity index (χ2n) is 6.75. The molecule has 1 aromatic carbocycles. The van der Waals surface area contributed by atoms with Gasteiger partial charge in [-0.2, -0.15) is 0 Å². The standard InChI is InChI=1S/C20H21N3O2S/c21-16(24)10-5-11-23-17(12-13-6-2-1-3-7-13)22-19-18(20(23)25)14-8-4-9-15(14)26-19/h1-3,6-7H,4-5,8-12H2,(H2,21,24). The second kappa shape index (κ2) is 7.03. The molecule has 4 rings (SSSR count). The molecule has 2 N–H and O–H groups in total. The normalized spacial score (nSPS) is 13.2. The number of carbonyl (C=O) groups is 1. The molecule has 0 fully saturated rings. The number of carbonyl (C=O) groups excluding carboxylic acids is 1. The summed E-state index contributed by atoms with van der Waals surface area (Å²) in [5.41, 5.74) is 7.61. The van der Waals surface area contributed by atoms with Gasteiger partial charge in [-0.15, -0.1) is 11.3 Å². The summed E-state index contributed by atoms with van der Waals surface area (Å²) >= 11 is 1.66. The lowest BCUT2D eigenvalue weighted by Crippen LogP contribution is -2.26. The maximum absolute atomic E-state index is 13.2. The van der Waals surface area contributed by atoms with Gasteiger partial charge in [-0.25, -0.2) is 4.98 Å². The third-order valence-electron chi connectivity index (χ3n) is 4.91. The molecule has 1 aliphatic carbocycles. The van der Waals surface area contributed by atoms with Crippen molar-refractivity contribution in [3.05, 3.63) is 62.5 Å². The van der Waals surface area contributed by atoms with Gasteiger partial charge in [-0.3, -0.25) is 14.2 Å². The highest BCUT2D eigenvalue weighted by Gasteiger charge is 2.23. The molecule has 134 valence electrons. The number of primary amides is 1. The number of fused-ring (bicyclic) bond motifs is 3. The van der Waals surface area contributed by atoms with E-state index in [9.17, 15) is 9.59 Å². The van der Waals surface area contributed by atoms with Crippen molar-refractivity contribution in [2.24, 2.45) is 5.73 Å². The maximum Gasteiger partial charge on any atom is 0.262 e. The molecule has 0 radical (unpaired) electrons. The number of aryl methyl sites for hydroxylation is 2. The number of aromatic nitrogens is 2. The molecule has 5 nitrogen and oxygen atoms in total. The molecule has 0 unspecified atom stereocenters. The van der Waals surface area contributed by atoms with Crippen molar-refractivity contribution in [3.8, 4) is 0 Å². The summed E-state index contributed by atoms with van der Waals surface area (Å²) in [6.45, 7) is 0.470. The molecule has 1 amide bonds. The van der Waals surface area contributed by atoms with E-state index in [1.165, 1.54) is 10.4 Å². The van der Waals surface area contributed by atoms with Crippen LogP contribution >= 0.6 is 11.3 Å². The van der Waals surface area contributed by atoms with Gasteiger partial charge in [0, 0.05) is 24.3 Å². The molecule has 0 atom stereocenters. The number of hydrogen-bond donors (Lipinski definition) is 1. The molecule has 0 saturated carbocycles. The second-order valence-corrected chi connectivity index (χ2v) is 7.84. The van der Waals surface area contributed by atoms with Crippen molar-refractivity contribution in [1.29, 1.82) is 0 Å². The zero-order chi connectivity index (χ0) is 18.1. The SMILES string of the molecule is NC(=O)CCCn1c(Cc2ccccc2)nc2sc3c(c2c1=O)CCC3. The molecule has 2 heterocycles. The fourth-order valence-corrected chi connectivity index (χ4v) is 4.95. The summed E-state index contributed by atoms with van der Waals surface area (Å²) in [5.74, 6) is 0.422. The first-order valence-electron chi connectivity index (χ1n) is 8.99. The van der Waals surface area contributed by atoms with E-state index in [2.05, 4.69) is 0 Å². The summed E-state index contributed by atoms with van der Waals surface area (Å²) in [6.07, 6.45) is 4.56. The Kier molecular flexibility index (Phi) is 4.59. The van der Waals surface area contributed by atoms with Crippen molar-refractivity contribution in [2.45, 2.75) is 45.1 Å². The van der Waals surface area contributed by atoms with Gasteiger partial charge in [0.2, 0.25) is 5.91 Å². The van der Waals surface area contributed by atoms with Gasteiger partial charge in [0.1, 0.15) is 10.7 Å². The number of nitrogens with two attached hydrogens (primary N) is 1. The van der Waals surface area contributed by atoms with Gasteiger partial charge in [0.05, 0.1) is 5.39 Å². The quantitative estimate of drug-likeness (QED) is 0.728. The Hall–Kier alpha value is -2.47. The Bertz CT molecular complexity index is 1020. The topological polar surface area (TPSA) is 78.0 Å². The third kappa shape index (κ3) is 3.17.